The summed E-state index contributed by atoms with van der Waals surface area (Å²) in [6.45, 7) is -0.0995. The van der Waals surface area contributed by atoms with Crippen molar-refractivity contribution in [1.82, 2.24) is 4.90 Å². The standard InChI is InChI=1S/C17H16BrN3O3/c1-21(10-15(22)20-14-5-3-2-4-13(14)18)17(24)12-8-6-11(7-9-12)16(19)23/h2-9H,10H2,1H3,(H2,19,23)(H,20,22). The normalized spacial score (nSPS) is 10.1. The SMILES string of the molecule is CN(CC(=O)Nc1ccccc1Br)C(=O)c1ccc(C(N)=O)cc1. The molecular formula is C17H16BrN3O3. The zero-order valence-electron chi connectivity index (χ0n) is 13.0. The van der Waals surface area contributed by atoms with Crippen LogP contribution >= 0.6 is 15.9 Å². The van der Waals surface area contributed by atoms with Gasteiger partial charge in [0.15, 0.2) is 0 Å². The number of carbonyl (C=O) groups is 3. The zero-order valence-corrected chi connectivity index (χ0v) is 14.5. The predicted molar refractivity (Wildman–Crippen MR) is 94.7 cm³/mol. The lowest BCUT2D eigenvalue weighted by atomic mass is 10.1. The molecule has 3 amide bonds. The third-order valence-electron chi connectivity index (χ3n) is 3.29. The summed E-state index contributed by atoms with van der Waals surface area (Å²) in [6.07, 6.45) is 0. The van der Waals surface area contributed by atoms with Crippen molar-refractivity contribution in [3.05, 3.63) is 64.1 Å². The number of nitrogens with one attached hydrogen (secondary N) is 1. The van der Waals surface area contributed by atoms with E-state index in [0.717, 1.165) is 4.47 Å². The van der Waals surface area contributed by atoms with Gasteiger partial charge >= 0.3 is 0 Å². The van der Waals surface area contributed by atoms with Crippen LogP contribution in [0.4, 0.5) is 5.69 Å². The topological polar surface area (TPSA) is 92.5 Å². The van der Waals surface area contributed by atoms with Gasteiger partial charge in [0, 0.05) is 22.6 Å². The number of rotatable bonds is 5. The van der Waals surface area contributed by atoms with Crippen LogP contribution in [-0.2, 0) is 4.79 Å². The zero-order chi connectivity index (χ0) is 17.7. The number of halogens is 1. The average molecular weight is 390 g/mol. The van der Waals surface area contributed by atoms with Crippen LogP contribution in [0.3, 0.4) is 0 Å². The summed E-state index contributed by atoms with van der Waals surface area (Å²) < 4.78 is 0.759. The van der Waals surface area contributed by atoms with Crippen molar-refractivity contribution in [2.24, 2.45) is 5.73 Å². The van der Waals surface area contributed by atoms with Crippen LogP contribution in [0.25, 0.3) is 0 Å². The molecule has 0 aliphatic carbocycles. The molecule has 2 rings (SSSR count). The van der Waals surface area contributed by atoms with Gasteiger partial charge in [0.1, 0.15) is 0 Å². The van der Waals surface area contributed by atoms with Gasteiger partial charge in [-0.3, -0.25) is 14.4 Å². The van der Waals surface area contributed by atoms with Crippen LogP contribution in [0.1, 0.15) is 20.7 Å². The molecule has 0 saturated carbocycles. The van der Waals surface area contributed by atoms with Gasteiger partial charge in [-0.2, -0.15) is 0 Å². The largest absolute Gasteiger partial charge is 0.366 e. The minimum Gasteiger partial charge on any atom is -0.366 e. The number of carbonyl (C=O) groups excluding carboxylic acids is 3. The molecule has 0 radical (unpaired) electrons. The predicted octanol–water partition coefficient (Wildman–Crippen LogP) is 2.26. The summed E-state index contributed by atoms with van der Waals surface area (Å²) in [5.74, 6) is -1.20. The lowest BCUT2D eigenvalue weighted by Crippen LogP contribution is -2.35. The molecule has 6 nitrogen and oxygen atoms in total. The Kier molecular flexibility index (Phi) is 5.70. The van der Waals surface area contributed by atoms with Crippen LogP contribution in [0, 0.1) is 0 Å². The van der Waals surface area contributed by atoms with Gasteiger partial charge < -0.3 is 16.0 Å². The molecule has 3 N–H and O–H groups in total. The molecule has 0 spiro atoms. The van der Waals surface area contributed by atoms with E-state index >= 15 is 0 Å². The van der Waals surface area contributed by atoms with Crippen molar-refractivity contribution in [2.75, 3.05) is 18.9 Å². The number of nitrogens with zero attached hydrogens (tertiary/aromatic N) is 1. The van der Waals surface area contributed by atoms with E-state index in [0.29, 0.717) is 16.8 Å². The second-order valence-electron chi connectivity index (χ2n) is 5.13. The molecule has 2 aromatic rings. The number of likely N-dealkylation sites (N-methyl/N-ethyl adjacent to an activating group) is 1. The fourth-order valence-corrected chi connectivity index (χ4v) is 2.42. The number of para-hydroxylation sites is 1. The van der Waals surface area contributed by atoms with Gasteiger partial charge in [-0.25, -0.2) is 0 Å². The highest BCUT2D eigenvalue weighted by Gasteiger charge is 2.16. The van der Waals surface area contributed by atoms with Crippen molar-refractivity contribution in [3.8, 4) is 0 Å². The monoisotopic (exact) mass is 389 g/mol. The van der Waals surface area contributed by atoms with Crippen molar-refractivity contribution in [3.63, 3.8) is 0 Å². The molecule has 7 heteroatoms. The van der Waals surface area contributed by atoms with E-state index < -0.39 is 5.91 Å². The molecule has 2 aromatic carbocycles. The first-order valence-electron chi connectivity index (χ1n) is 7.08. The Morgan fingerprint density at radius 2 is 1.62 bits per heavy atom. The second-order valence-corrected chi connectivity index (χ2v) is 5.99. The summed E-state index contributed by atoms with van der Waals surface area (Å²) in [4.78, 5) is 36.7. The van der Waals surface area contributed by atoms with E-state index in [-0.39, 0.29) is 18.4 Å². The molecule has 0 atom stereocenters. The first kappa shape index (κ1) is 17.7. The quantitative estimate of drug-likeness (QED) is 0.820. The molecule has 0 aromatic heterocycles. The maximum atomic E-state index is 12.3. The molecule has 0 fully saturated rings. The van der Waals surface area contributed by atoms with Crippen molar-refractivity contribution in [2.45, 2.75) is 0 Å². The van der Waals surface area contributed by atoms with Crippen LogP contribution in [0.5, 0.6) is 0 Å². The first-order valence-corrected chi connectivity index (χ1v) is 7.87. The summed E-state index contributed by atoms with van der Waals surface area (Å²) in [7, 11) is 1.53. The number of anilines is 1. The van der Waals surface area contributed by atoms with Crippen molar-refractivity contribution >= 4 is 39.3 Å². The third kappa shape index (κ3) is 4.42. The Morgan fingerprint density at radius 3 is 2.21 bits per heavy atom. The Hall–Kier alpha value is -2.67. The number of hydrogen-bond donors (Lipinski definition) is 2. The molecule has 0 saturated heterocycles. The van der Waals surface area contributed by atoms with E-state index in [4.69, 9.17) is 5.73 Å². The van der Waals surface area contributed by atoms with Gasteiger partial charge in [0.05, 0.1) is 12.2 Å². The highest BCUT2D eigenvalue weighted by atomic mass is 79.9. The maximum Gasteiger partial charge on any atom is 0.254 e. The Morgan fingerprint density at radius 1 is 1.04 bits per heavy atom. The van der Waals surface area contributed by atoms with E-state index in [2.05, 4.69) is 21.2 Å². The summed E-state index contributed by atoms with van der Waals surface area (Å²) in [5, 5.41) is 2.73. The number of hydrogen-bond acceptors (Lipinski definition) is 3. The van der Waals surface area contributed by atoms with Gasteiger partial charge in [-0.1, -0.05) is 12.1 Å². The highest BCUT2D eigenvalue weighted by Crippen LogP contribution is 2.21. The fourth-order valence-electron chi connectivity index (χ4n) is 2.04. The number of nitrogens with two attached hydrogens (primary N) is 1. The lowest BCUT2D eigenvalue weighted by Gasteiger charge is -2.17. The minimum atomic E-state index is -0.560. The molecule has 0 aliphatic rings. The van der Waals surface area contributed by atoms with Crippen LogP contribution in [0.2, 0.25) is 0 Å². The Labute approximate surface area is 147 Å². The van der Waals surface area contributed by atoms with E-state index in [1.165, 1.54) is 36.2 Å². The third-order valence-corrected chi connectivity index (χ3v) is 3.98. The summed E-state index contributed by atoms with van der Waals surface area (Å²) in [6, 6.07) is 13.2. The molecule has 0 bridgehead atoms. The smallest absolute Gasteiger partial charge is 0.254 e. The fraction of sp³-hybridized carbons (Fsp3) is 0.118. The summed E-state index contributed by atoms with van der Waals surface area (Å²) >= 11 is 3.34. The lowest BCUT2D eigenvalue weighted by molar-refractivity contribution is -0.116. The molecular weight excluding hydrogens is 374 g/mol. The second kappa shape index (κ2) is 7.74. The molecule has 124 valence electrons. The van der Waals surface area contributed by atoms with Gasteiger partial charge in [-0.05, 0) is 52.3 Å². The van der Waals surface area contributed by atoms with Gasteiger partial charge in [-0.15, -0.1) is 0 Å². The maximum absolute atomic E-state index is 12.3. The van der Waals surface area contributed by atoms with Crippen molar-refractivity contribution < 1.29 is 14.4 Å². The molecule has 24 heavy (non-hydrogen) atoms. The number of amides is 3. The Bertz CT molecular complexity index is 775. The first-order chi connectivity index (χ1) is 11.4. The molecule has 0 aliphatic heterocycles. The summed E-state index contributed by atoms with van der Waals surface area (Å²) in [5.41, 5.74) is 6.49. The number of primary amides is 1. The highest BCUT2D eigenvalue weighted by molar-refractivity contribution is 9.10. The van der Waals surface area contributed by atoms with Crippen LogP contribution in [0.15, 0.2) is 53.0 Å². The van der Waals surface area contributed by atoms with E-state index in [9.17, 15) is 14.4 Å². The average Bonchev–Trinajstić information content (AvgIpc) is 2.56. The van der Waals surface area contributed by atoms with Gasteiger partial charge in [0.2, 0.25) is 11.8 Å². The minimum absolute atomic E-state index is 0.0995. The van der Waals surface area contributed by atoms with E-state index in [1.54, 1.807) is 12.1 Å². The van der Waals surface area contributed by atoms with Crippen LogP contribution in [-0.4, -0.2) is 36.2 Å². The Balaban J connectivity index is 1.99. The van der Waals surface area contributed by atoms with E-state index in [1.807, 2.05) is 12.1 Å². The van der Waals surface area contributed by atoms with Gasteiger partial charge in [0.25, 0.3) is 5.91 Å². The van der Waals surface area contributed by atoms with Crippen molar-refractivity contribution in [1.29, 1.82) is 0 Å². The number of benzene rings is 2. The molecule has 0 unspecified atom stereocenters. The van der Waals surface area contributed by atoms with Crippen LogP contribution < -0.4 is 11.1 Å². The molecule has 0 heterocycles.